The number of benzene rings is 8. The summed E-state index contributed by atoms with van der Waals surface area (Å²) < 4.78 is 6.39. The van der Waals surface area contributed by atoms with Crippen molar-refractivity contribution in [2.75, 3.05) is 5.32 Å². The second kappa shape index (κ2) is 11.3. The van der Waals surface area contributed by atoms with Crippen molar-refractivity contribution >= 4 is 54.5 Å². The van der Waals surface area contributed by atoms with Crippen LogP contribution >= 0.6 is 0 Å². The van der Waals surface area contributed by atoms with Crippen molar-refractivity contribution in [1.82, 2.24) is 10.6 Å². The first kappa shape index (κ1) is 28.0. The summed E-state index contributed by atoms with van der Waals surface area (Å²) in [5, 5.41) is 21.2. The fourth-order valence-corrected chi connectivity index (χ4v) is 7.59. The third-order valence-corrected chi connectivity index (χ3v) is 10.1. The second-order valence-corrected chi connectivity index (χ2v) is 13.1. The monoisotopic (exact) mass is 631 g/mol. The van der Waals surface area contributed by atoms with Crippen molar-refractivity contribution in [3.63, 3.8) is 0 Å². The maximum Gasteiger partial charge on any atom is 0.196 e. The number of hydrogen-bond acceptors (Lipinski definition) is 4. The van der Waals surface area contributed by atoms with Crippen LogP contribution < -0.4 is 20.7 Å². The van der Waals surface area contributed by atoms with Crippen LogP contribution in [-0.4, -0.2) is 0 Å². The lowest BCUT2D eigenvalue weighted by atomic mass is 9.94. The van der Waals surface area contributed by atoms with E-state index in [1.54, 1.807) is 0 Å². The summed E-state index contributed by atoms with van der Waals surface area (Å²) in [6.07, 6.45) is 2.02. The van der Waals surface area contributed by atoms with Gasteiger partial charge >= 0.3 is 0 Å². The Hall–Kier alpha value is -6.10. The summed E-state index contributed by atoms with van der Waals surface area (Å²) in [7, 11) is 0. The number of nitrogens with one attached hydrogen (secondary N) is 3. The summed E-state index contributed by atoms with van der Waals surface area (Å²) in [4.78, 5) is 0. The molecule has 0 bridgehead atoms. The number of rotatable bonds is 4. The van der Waals surface area contributed by atoms with Gasteiger partial charge in [-0.2, -0.15) is 0 Å². The first-order valence-corrected chi connectivity index (χ1v) is 16.9. The zero-order valence-electron chi connectivity index (χ0n) is 26.7. The highest BCUT2D eigenvalue weighted by Gasteiger charge is 2.27. The van der Waals surface area contributed by atoms with Gasteiger partial charge in [-0.25, -0.2) is 0 Å². The lowest BCUT2D eigenvalue weighted by Gasteiger charge is -2.33. The van der Waals surface area contributed by atoms with E-state index in [-0.39, 0.29) is 18.4 Å². The van der Waals surface area contributed by atoms with Crippen molar-refractivity contribution < 1.29 is 4.74 Å². The van der Waals surface area contributed by atoms with Crippen molar-refractivity contribution in [3.05, 3.63) is 186 Å². The van der Waals surface area contributed by atoms with Crippen molar-refractivity contribution in [1.29, 1.82) is 0 Å². The molecule has 0 radical (unpaired) electrons. The molecule has 2 aliphatic heterocycles. The van der Waals surface area contributed by atoms with Crippen molar-refractivity contribution in [3.8, 4) is 5.75 Å². The van der Waals surface area contributed by atoms with Crippen molar-refractivity contribution in [2.45, 2.75) is 18.4 Å². The molecule has 0 saturated heterocycles. The maximum absolute atomic E-state index is 6.39. The van der Waals surface area contributed by atoms with Gasteiger partial charge in [0.1, 0.15) is 11.9 Å². The SMILES string of the molecule is C1=C(c2ccc3ccccc3c2)NC(c2ccc3c(ccc4ccc5c(c43)NC(c3ccccc3)O5)c2)NC1c1ccc2ccccc2c1. The van der Waals surface area contributed by atoms with E-state index in [1.807, 2.05) is 6.07 Å². The molecule has 49 heavy (non-hydrogen) atoms. The van der Waals surface area contributed by atoms with E-state index in [4.69, 9.17) is 4.74 Å². The zero-order valence-corrected chi connectivity index (χ0v) is 26.7. The lowest BCUT2D eigenvalue weighted by molar-refractivity contribution is 0.260. The van der Waals surface area contributed by atoms with Crippen LogP contribution in [0.2, 0.25) is 0 Å². The van der Waals surface area contributed by atoms with Crippen LogP contribution in [0.1, 0.15) is 40.7 Å². The van der Waals surface area contributed by atoms with E-state index in [1.165, 1.54) is 59.8 Å². The van der Waals surface area contributed by atoms with Crippen LogP contribution in [0.5, 0.6) is 5.75 Å². The number of hydrogen-bond donors (Lipinski definition) is 3. The minimum absolute atomic E-state index is 0.0177. The fourth-order valence-electron chi connectivity index (χ4n) is 7.59. The van der Waals surface area contributed by atoms with E-state index in [9.17, 15) is 0 Å². The van der Waals surface area contributed by atoms with Gasteiger partial charge in [0, 0.05) is 16.6 Å². The van der Waals surface area contributed by atoms with E-state index >= 15 is 0 Å². The molecular formula is C45H33N3O. The molecule has 0 fully saturated rings. The zero-order chi connectivity index (χ0) is 32.3. The Labute approximate surface area is 284 Å². The predicted octanol–water partition coefficient (Wildman–Crippen LogP) is 10.8. The van der Waals surface area contributed by atoms with Crippen molar-refractivity contribution in [2.24, 2.45) is 0 Å². The molecule has 2 aliphatic rings. The number of ether oxygens (including phenoxy) is 1. The number of fused-ring (bicyclic) bond motifs is 7. The molecule has 10 rings (SSSR count). The van der Waals surface area contributed by atoms with Crippen LogP contribution in [0, 0.1) is 0 Å². The summed E-state index contributed by atoms with van der Waals surface area (Å²) in [5.41, 5.74) is 6.89. The topological polar surface area (TPSA) is 45.3 Å². The molecule has 8 aromatic carbocycles. The minimum Gasteiger partial charge on any atom is -0.464 e. The molecule has 2 heterocycles. The fraction of sp³-hybridized carbons (Fsp3) is 0.0667. The van der Waals surface area contributed by atoms with Gasteiger partial charge in [-0.3, -0.25) is 5.32 Å². The van der Waals surface area contributed by atoms with Gasteiger partial charge < -0.3 is 15.4 Å². The number of anilines is 1. The molecule has 234 valence electrons. The Morgan fingerprint density at radius 1 is 0.469 bits per heavy atom. The molecule has 4 heteroatoms. The highest BCUT2D eigenvalue weighted by Crippen LogP contribution is 2.45. The van der Waals surface area contributed by atoms with Crippen LogP contribution in [-0.2, 0) is 0 Å². The Morgan fingerprint density at radius 2 is 1.12 bits per heavy atom. The molecule has 0 aromatic heterocycles. The average molecular weight is 632 g/mol. The van der Waals surface area contributed by atoms with Gasteiger partial charge in [-0.05, 0) is 84.7 Å². The molecule has 8 aromatic rings. The molecule has 3 N–H and O–H groups in total. The summed E-state index contributed by atoms with van der Waals surface area (Å²) in [5.74, 6) is 0.886. The molecule has 0 amide bonds. The van der Waals surface area contributed by atoms with Gasteiger partial charge in [0.25, 0.3) is 0 Å². The van der Waals surface area contributed by atoms with Gasteiger partial charge in [0.05, 0.1) is 11.7 Å². The molecule has 0 saturated carbocycles. The molecule has 0 aliphatic carbocycles. The summed E-state index contributed by atoms with van der Waals surface area (Å²) >= 11 is 0. The van der Waals surface area contributed by atoms with Crippen LogP contribution in [0.25, 0.3) is 48.8 Å². The third-order valence-electron chi connectivity index (χ3n) is 10.1. The quantitative estimate of drug-likeness (QED) is 0.169. The Bertz CT molecular complexity index is 2590. The first-order valence-electron chi connectivity index (χ1n) is 16.9. The predicted molar refractivity (Wildman–Crippen MR) is 203 cm³/mol. The molecule has 0 spiro atoms. The lowest BCUT2D eigenvalue weighted by Crippen LogP contribution is -2.39. The van der Waals surface area contributed by atoms with E-state index < -0.39 is 0 Å². The summed E-state index contributed by atoms with van der Waals surface area (Å²) in [6.45, 7) is 0. The van der Waals surface area contributed by atoms with Crippen LogP contribution in [0.4, 0.5) is 5.69 Å². The molecule has 3 atom stereocenters. The van der Waals surface area contributed by atoms with Crippen LogP contribution in [0.3, 0.4) is 0 Å². The highest BCUT2D eigenvalue weighted by molar-refractivity contribution is 6.15. The van der Waals surface area contributed by atoms with E-state index in [0.29, 0.717) is 0 Å². The smallest absolute Gasteiger partial charge is 0.196 e. The van der Waals surface area contributed by atoms with Gasteiger partial charge in [-0.1, -0.05) is 133 Å². The Balaban J connectivity index is 1.05. The van der Waals surface area contributed by atoms with E-state index in [2.05, 4.69) is 174 Å². The largest absolute Gasteiger partial charge is 0.464 e. The minimum atomic E-state index is -0.209. The standard InChI is InChI=1S/C45H33N3O/c1-2-10-31(11-3-1)45-48-43-41(49-45)23-21-30-16-17-34-26-37(20-22-38(34)42(30)43)44-46-39(35-18-14-28-8-4-6-12-32(28)24-35)27-40(47-44)36-19-15-29-9-5-7-13-33(29)25-36/h1-27,39,44-48H. The van der Waals surface area contributed by atoms with E-state index in [0.717, 1.165) is 22.7 Å². The molecular weight excluding hydrogens is 599 g/mol. The Kier molecular flexibility index (Phi) is 6.42. The van der Waals surface area contributed by atoms with Crippen LogP contribution in [0.15, 0.2) is 164 Å². The Morgan fingerprint density at radius 3 is 1.96 bits per heavy atom. The summed E-state index contributed by atoms with van der Waals surface area (Å²) in [6, 6.07) is 56.6. The van der Waals surface area contributed by atoms with Gasteiger partial charge in [0.15, 0.2) is 6.23 Å². The average Bonchev–Trinajstić information content (AvgIpc) is 3.62. The molecule has 4 nitrogen and oxygen atoms in total. The first-order chi connectivity index (χ1) is 24.2. The second-order valence-electron chi connectivity index (χ2n) is 13.1. The normalized spacial score (nSPS) is 18.5. The highest BCUT2D eigenvalue weighted by atomic mass is 16.5. The molecule has 3 unspecified atom stereocenters. The van der Waals surface area contributed by atoms with Gasteiger partial charge in [0.2, 0.25) is 0 Å². The van der Waals surface area contributed by atoms with Gasteiger partial charge in [-0.15, -0.1) is 0 Å². The maximum atomic E-state index is 6.39. The third kappa shape index (κ3) is 4.88.